The number of aromatic nitrogens is 1. The molecule has 1 aromatic heterocycles. The maximum absolute atomic E-state index is 13.7. The highest BCUT2D eigenvalue weighted by Gasteiger charge is 2.33. The number of nitrogens with zero attached hydrogens (tertiary/aromatic N) is 1. The van der Waals surface area contributed by atoms with Gasteiger partial charge in [-0.05, 0) is 39.0 Å². The third-order valence-electron chi connectivity index (χ3n) is 3.38. The van der Waals surface area contributed by atoms with Gasteiger partial charge < -0.3 is 9.67 Å². The van der Waals surface area contributed by atoms with Crippen LogP contribution in [0.15, 0.2) is 24.3 Å². The highest BCUT2D eigenvalue weighted by Crippen LogP contribution is 2.31. The minimum absolute atomic E-state index is 0.317. The molecule has 3 nitrogen and oxygen atoms in total. The Labute approximate surface area is 105 Å². The quantitative estimate of drug-likeness (QED) is 0.907. The molecule has 0 radical (unpaired) electrons. The zero-order chi connectivity index (χ0) is 13.5. The second-order valence-electron chi connectivity index (χ2n) is 4.88. The number of fused-ring (bicyclic) bond motifs is 1. The summed E-state index contributed by atoms with van der Waals surface area (Å²) in [5, 5.41) is 9.78. The molecular weight excluding hydrogens is 233 g/mol. The first-order valence-electron chi connectivity index (χ1n) is 5.91. The van der Waals surface area contributed by atoms with E-state index in [9.17, 15) is 14.3 Å². The van der Waals surface area contributed by atoms with Crippen LogP contribution in [0.4, 0.5) is 4.39 Å². The van der Waals surface area contributed by atoms with Gasteiger partial charge in [0.05, 0.1) is 5.52 Å². The summed E-state index contributed by atoms with van der Waals surface area (Å²) in [6.45, 7) is 5.80. The molecule has 0 saturated heterocycles. The smallest absolute Gasteiger partial charge is 0.315 e. The monoisotopic (exact) mass is 249 g/mol. The van der Waals surface area contributed by atoms with Crippen molar-refractivity contribution in [1.82, 2.24) is 4.57 Å². The van der Waals surface area contributed by atoms with E-state index in [1.165, 1.54) is 6.07 Å². The Kier molecular flexibility index (Phi) is 2.89. The number of aryl methyl sites for hydroxylation is 1. The van der Waals surface area contributed by atoms with E-state index in [-0.39, 0.29) is 5.82 Å². The Morgan fingerprint density at radius 1 is 1.44 bits per heavy atom. The van der Waals surface area contributed by atoms with Gasteiger partial charge in [-0.2, -0.15) is 0 Å². The Hall–Kier alpha value is -1.84. The van der Waals surface area contributed by atoms with Gasteiger partial charge in [-0.25, -0.2) is 4.39 Å². The second kappa shape index (κ2) is 4.12. The second-order valence-corrected chi connectivity index (χ2v) is 4.88. The zero-order valence-corrected chi connectivity index (χ0v) is 10.7. The van der Waals surface area contributed by atoms with Gasteiger partial charge in [0.2, 0.25) is 0 Å². The van der Waals surface area contributed by atoms with Gasteiger partial charge in [0.25, 0.3) is 0 Å². The maximum Gasteiger partial charge on any atom is 0.315 e. The predicted octanol–water partition coefficient (Wildman–Crippen LogP) is 3.16. The van der Waals surface area contributed by atoms with Gasteiger partial charge in [-0.1, -0.05) is 6.07 Å². The van der Waals surface area contributed by atoms with Crippen molar-refractivity contribution in [3.8, 4) is 0 Å². The first-order chi connectivity index (χ1) is 8.39. The molecule has 0 fully saturated rings. The summed E-state index contributed by atoms with van der Waals surface area (Å²) >= 11 is 0. The standard InChI is InChI=1S/C14H16FNO2/c1-4-16-11-7-5-6-10(15)9(11)8-12(16)14(2,3)13(17)18/h5-8H,4H2,1-3H3,(H,17,18). The minimum Gasteiger partial charge on any atom is -0.481 e. The van der Waals surface area contributed by atoms with Crippen LogP contribution in [0, 0.1) is 5.82 Å². The molecule has 1 heterocycles. The lowest BCUT2D eigenvalue weighted by Gasteiger charge is -2.21. The van der Waals surface area contributed by atoms with Crippen LogP contribution in [0.2, 0.25) is 0 Å². The number of benzene rings is 1. The topological polar surface area (TPSA) is 42.2 Å². The molecule has 2 aromatic rings. The van der Waals surface area contributed by atoms with E-state index in [0.717, 1.165) is 5.52 Å². The molecule has 0 unspecified atom stereocenters. The largest absolute Gasteiger partial charge is 0.481 e. The Balaban J connectivity index is 2.80. The number of carboxylic acids is 1. The van der Waals surface area contributed by atoms with Crippen molar-refractivity contribution >= 4 is 16.9 Å². The third kappa shape index (κ3) is 1.68. The van der Waals surface area contributed by atoms with Gasteiger partial charge in [0.1, 0.15) is 11.2 Å². The maximum atomic E-state index is 13.7. The Morgan fingerprint density at radius 2 is 2.11 bits per heavy atom. The van der Waals surface area contributed by atoms with Gasteiger partial charge in [-0.3, -0.25) is 4.79 Å². The van der Waals surface area contributed by atoms with Crippen LogP contribution in [0.1, 0.15) is 26.5 Å². The SMILES string of the molecule is CCn1c(C(C)(C)C(=O)O)cc2c(F)cccc21. The number of hydrogen-bond acceptors (Lipinski definition) is 1. The first kappa shape index (κ1) is 12.6. The van der Waals surface area contributed by atoms with Crippen LogP contribution < -0.4 is 0 Å². The molecule has 1 aromatic carbocycles. The molecular formula is C14H16FNO2. The summed E-state index contributed by atoms with van der Waals surface area (Å²) in [4.78, 5) is 11.3. The molecule has 0 bridgehead atoms. The van der Waals surface area contributed by atoms with Crippen LogP contribution in [0.25, 0.3) is 10.9 Å². The van der Waals surface area contributed by atoms with Crippen LogP contribution in [-0.2, 0) is 16.8 Å². The van der Waals surface area contributed by atoms with Gasteiger partial charge >= 0.3 is 5.97 Å². The molecule has 0 amide bonds. The van der Waals surface area contributed by atoms with Gasteiger partial charge in [0.15, 0.2) is 0 Å². The highest BCUT2D eigenvalue weighted by atomic mass is 19.1. The molecule has 0 aliphatic rings. The van der Waals surface area contributed by atoms with Crippen molar-refractivity contribution in [3.63, 3.8) is 0 Å². The number of carboxylic acid groups (broad SMARTS) is 1. The van der Waals surface area contributed by atoms with E-state index < -0.39 is 11.4 Å². The lowest BCUT2D eigenvalue weighted by molar-refractivity contribution is -0.142. The number of carbonyl (C=O) groups is 1. The fourth-order valence-corrected chi connectivity index (χ4v) is 2.22. The van der Waals surface area contributed by atoms with E-state index in [0.29, 0.717) is 17.6 Å². The summed E-state index contributed by atoms with van der Waals surface area (Å²) < 4.78 is 15.6. The lowest BCUT2D eigenvalue weighted by Crippen LogP contribution is -2.31. The van der Waals surface area contributed by atoms with Crippen molar-refractivity contribution in [2.24, 2.45) is 0 Å². The van der Waals surface area contributed by atoms with Gasteiger partial charge in [-0.15, -0.1) is 0 Å². The van der Waals surface area contributed by atoms with Crippen LogP contribution in [0.3, 0.4) is 0 Å². The van der Waals surface area contributed by atoms with E-state index in [2.05, 4.69) is 0 Å². The van der Waals surface area contributed by atoms with E-state index in [1.807, 2.05) is 17.6 Å². The molecule has 0 spiro atoms. The molecule has 0 saturated carbocycles. The number of rotatable bonds is 3. The Morgan fingerprint density at radius 3 is 2.67 bits per heavy atom. The molecule has 4 heteroatoms. The summed E-state index contributed by atoms with van der Waals surface area (Å²) in [7, 11) is 0. The molecule has 0 aliphatic heterocycles. The average Bonchev–Trinajstić information content (AvgIpc) is 2.69. The molecule has 18 heavy (non-hydrogen) atoms. The minimum atomic E-state index is -1.04. The van der Waals surface area contributed by atoms with E-state index >= 15 is 0 Å². The summed E-state index contributed by atoms with van der Waals surface area (Å²) in [6, 6.07) is 6.48. The van der Waals surface area contributed by atoms with E-state index in [1.54, 1.807) is 26.0 Å². The van der Waals surface area contributed by atoms with Crippen molar-refractivity contribution in [1.29, 1.82) is 0 Å². The van der Waals surface area contributed by atoms with Crippen LogP contribution >= 0.6 is 0 Å². The lowest BCUT2D eigenvalue weighted by atomic mass is 9.89. The Bertz CT molecular complexity index is 614. The summed E-state index contributed by atoms with van der Waals surface area (Å²) in [5.74, 6) is -1.23. The van der Waals surface area contributed by atoms with Crippen molar-refractivity contribution in [3.05, 3.63) is 35.8 Å². The highest BCUT2D eigenvalue weighted by molar-refractivity contribution is 5.87. The van der Waals surface area contributed by atoms with Crippen molar-refractivity contribution in [2.45, 2.75) is 32.7 Å². The fraction of sp³-hybridized carbons (Fsp3) is 0.357. The van der Waals surface area contributed by atoms with Crippen molar-refractivity contribution in [2.75, 3.05) is 0 Å². The van der Waals surface area contributed by atoms with E-state index in [4.69, 9.17) is 0 Å². The number of aliphatic carboxylic acids is 1. The zero-order valence-electron chi connectivity index (χ0n) is 10.7. The van der Waals surface area contributed by atoms with Crippen LogP contribution in [0.5, 0.6) is 0 Å². The predicted molar refractivity (Wildman–Crippen MR) is 68.2 cm³/mol. The molecule has 96 valence electrons. The average molecular weight is 249 g/mol. The molecule has 0 aliphatic carbocycles. The number of hydrogen-bond donors (Lipinski definition) is 1. The number of halogens is 1. The summed E-state index contributed by atoms with van der Waals surface area (Å²) in [5.41, 5.74) is 0.320. The molecule has 2 rings (SSSR count). The van der Waals surface area contributed by atoms with Gasteiger partial charge in [0, 0.05) is 17.6 Å². The van der Waals surface area contributed by atoms with Crippen LogP contribution in [-0.4, -0.2) is 15.6 Å². The molecule has 0 atom stereocenters. The summed E-state index contributed by atoms with van der Waals surface area (Å²) in [6.07, 6.45) is 0. The third-order valence-corrected chi connectivity index (χ3v) is 3.38. The normalized spacial score (nSPS) is 12.0. The first-order valence-corrected chi connectivity index (χ1v) is 5.91. The molecule has 1 N–H and O–H groups in total. The van der Waals surface area contributed by atoms with Crippen molar-refractivity contribution < 1.29 is 14.3 Å². The fourth-order valence-electron chi connectivity index (χ4n) is 2.22.